The molecule has 5 rings (SSSR count). The van der Waals surface area contributed by atoms with E-state index >= 15 is 0 Å². The second-order valence-corrected chi connectivity index (χ2v) is 7.90. The molecule has 2 saturated heterocycles. The van der Waals surface area contributed by atoms with Gasteiger partial charge in [-0.05, 0) is 55.4 Å². The molecule has 5 atom stereocenters. The van der Waals surface area contributed by atoms with Gasteiger partial charge < -0.3 is 10.1 Å². The molecule has 2 heterocycles. The molecule has 1 aromatic carbocycles. The van der Waals surface area contributed by atoms with Gasteiger partial charge in [0.1, 0.15) is 0 Å². The molecule has 6 nitrogen and oxygen atoms in total. The lowest BCUT2D eigenvalue weighted by Gasteiger charge is -2.17. The van der Waals surface area contributed by atoms with Crippen molar-refractivity contribution in [3.63, 3.8) is 0 Å². The first-order valence-electron chi connectivity index (χ1n) is 9.69. The predicted octanol–water partition coefficient (Wildman–Crippen LogP) is 1.91. The number of nitrogens with zero attached hydrogens (tertiary/aromatic N) is 1. The molecule has 0 spiro atoms. The van der Waals surface area contributed by atoms with Gasteiger partial charge >= 0.3 is 0 Å². The predicted molar refractivity (Wildman–Crippen MR) is 98.0 cm³/mol. The summed E-state index contributed by atoms with van der Waals surface area (Å²) < 4.78 is 5.51. The highest BCUT2D eigenvalue weighted by Crippen LogP contribution is 2.53. The molecule has 3 amide bonds. The van der Waals surface area contributed by atoms with Crippen LogP contribution < -0.4 is 10.2 Å². The first-order valence-corrected chi connectivity index (χ1v) is 9.69. The minimum absolute atomic E-state index is 0.0939. The molecule has 27 heavy (non-hydrogen) atoms. The van der Waals surface area contributed by atoms with Gasteiger partial charge in [-0.15, -0.1) is 0 Å². The largest absolute Gasteiger partial charge is 0.376 e. The lowest BCUT2D eigenvalue weighted by molar-refractivity contribution is -0.123. The highest BCUT2D eigenvalue weighted by molar-refractivity contribution is 6.22. The number of amides is 3. The summed E-state index contributed by atoms with van der Waals surface area (Å²) in [5, 5.41) is 2.88. The number of nitrogens with one attached hydrogen (secondary N) is 1. The van der Waals surface area contributed by atoms with Crippen molar-refractivity contribution >= 4 is 23.4 Å². The monoisotopic (exact) mass is 366 g/mol. The highest BCUT2D eigenvalue weighted by atomic mass is 16.5. The van der Waals surface area contributed by atoms with E-state index in [2.05, 4.69) is 17.5 Å². The standard InChI is InChI=1S/C21H22N2O4/c24-19(22-11-16-2-1-9-27-16)12-5-7-15(8-6-12)23-20(25)17-13-3-4-14(10-13)18(17)21(23)26/h3-8,13-14,16-18H,1-2,9-11H2,(H,22,24)/t13-,14-,16-,17-,18+/m1/s1. The average molecular weight is 366 g/mol. The normalized spacial score (nSPS) is 33.8. The van der Waals surface area contributed by atoms with Crippen molar-refractivity contribution in [1.82, 2.24) is 5.32 Å². The van der Waals surface area contributed by atoms with Gasteiger partial charge in [0.05, 0.1) is 23.6 Å². The molecule has 1 aromatic rings. The Labute approximate surface area is 157 Å². The quantitative estimate of drug-likeness (QED) is 0.652. The van der Waals surface area contributed by atoms with E-state index < -0.39 is 0 Å². The summed E-state index contributed by atoms with van der Waals surface area (Å²) in [6.07, 6.45) is 7.19. The van der Waals surface area contributed by atoms with Crippen LogP contribution in [0, 0.1) is 23.7 Å². The number of hydrogen-bond acceptors (Lipinski definition) is 4. The van der Waals surface area contributed by atoms with Crippen LogP contribution >= 0.6 is 0 Å². The van der Waals surface area contributed by atoms with Gasteiger partial charge in [0.25, 0.3) is 5.91 Å². The van der Waals surface area contributed by atoms with Crippen molar-refractivity contribution in [2.75, 3.05) is 18.1 Å². The van der Waals surface area contributed by atoms with Gasteiger partial charge in [-0.25, -0.2) is 0 Å². The van der Waals surface area contributed by atoms with E-state index in [1.165, 1.54) is 4.90 Å². The summed E-state index contributed by atoms with van der Waals surface area (Å²) >= 11 is 0. The van der Waals surface area contributed by atoms with Crippen molar-refractivity contribution in [2.45, 2.75) is 25.4 Å². The number of anilines is 1. The van der Waals surface area contributed by atoms with Crippen LogP contribution in [0.15, 0.2) is 36.4 Å². The summed E-state index contributed by atoms with van der Waals surface area (Å²) in [5.41, 5.74) is 1.06. The lowest BCUT2D eigenvalue weighted by atomic mass is 9.85. The van der Waals surface area contributed by atoms with Crippen LogP contribution in [0.3, 0.4) is 0 Å². The smallest absolute Gasteiger partial charge is 0.251 e. The number of hydrogen-bond donors (Lipinski definition) is 1. The Morgan fingerprint density at radius 1 is 1.07 bits per heavy atom. The van der Waals surface area contributed by atoms with Crippen LogP contribution in [0.25, 0.3) is 0 Å². The maximum Gasteiger partial charge on any atom is 0.251 e. The van der Waals surface area contributed by atoms with Crippen LogP contribution in [0.2, 0.25) is 0 Å². The van der Waals surface area contributed by atoms with E-state index in [0.717, 1.165) is 25.9 Å². The molecule has 0 unspecified atom stereocenters. The molecule has 2 bridgehead atoms. The summed E-state index contributed by atoms with van der Waals surface area (Å²) in [5.74, 6) is -0.387. The van der Waals surface area contributed by atoms with Crippen molar-refractivity contribution < 1.29 is 19.1 Å². The molecule has 1 N–H and O–H groups in total. The Hall–Kier alpha value is -2.47. The molecule has 2 aliphatic heterocycles. The van der Waals surface area contributed by atoms with Crippen LogP contribution in [0.4, 0.5) is 5.69 Å². The van der Waals surface area contributed by atoms with E-state index in [9.17, 15) is 14.4 Å². The second kappa shape index (κ2) is 6.30. The summed E-state index contributed by atoms with van der Waals surface area (Å²) in [7, 11) is 0. The molecule has 1 saturated carbocycles. The third-order valence-electron chi connectivity index (χ3n) is 6.37. The van der Waals surface area contributed by atoms with E-state index in [0.29, 0.717) is 17.8 Å². The molecular formula is C21H22N2O4. The summed E-state index contributed by atoms with van der Waals surface area (Å²) in [4.78, 5) is 39.3. The van der Waals surface area contributed by atoms with Crippen LogP contribution in [0.1, 0.15) is 29.6 Å². The summed E-state index contributed by atoms with van der Waals surface area (Å²) in [6, 6.07) is 6.71. The van der Waals surface area contributed by atoms with E-state index in [-0.39, 0.29) is 47.5 Å². The van der Waals surface area contributed by atoms with Gasteiger partial charge in [0.2, 0.25) is 11.8 Å². The van der Waals surface area contributed by atoms with Crippen LogP contribution in [-0.2, 0) is 14.3 Å². The number of fused-ring (bicyclic) bond motifs is 5. The van der Waals surface area contributed by atoms with Crippen molar-refractivity contribution in [1.29, 1.82) is 0 Å². The number of allylic oxidation sites excluding steroid dienone is 2. The van der Waals surface area contributed by atoms with Crippen LogP contribution in [0.5, 0.6) is 0 Å². The minimum Gasteiger partial charge on any atom is -0.376 e. The van der Waals surface area contributed by atoms with Crippen molar-refractivity contribution in [3.8, 4) is 0 Å². The lowest BCUT2D eigenvalue weighted by Crippen LogP contribution is -2.33. The zero-order valence-corrected chi connectivity index (χ0v) is 15.0. The third kappa shape index (κ3) is 2.62. The molecule has 0 aromatic heterocycles. The fourth-order valence-electron chi connectivity index (χ4n) is 5.03. The van der Waals surface area contributed by atoms with E-state index in [4.69, 9.17) is 4.74 Å². The average Bonchev–Trinajstić information content (AvgIpc) is 3.45. The highest BCUT2D eigenvalue weighted by Gasteiger charge is 2.59. The fraction of sp³-hybridized carbons (Fsp3) is 0.476. The minimum atomic E-state index is -0.207. The maximum absolute atomic E-state index is 12.8. The first-order chi connectivity index (χ1) is 13.1. The topological polar surface area (TPSA) is 75.7 Å². The third-order valence-corrected chi connectivity index (χ3v) is 6.37. The molecule has 3 fully saturated rings. The zero-order chi connectivity index (χ0) is 18.5. The number of carbonyl (C=O) groups is 3. The van der Waals surface area contributed by atoms with E-state index in [1.54, 1.807) is 24.3 Å². The number of rotatable bonds is 4. The Morgan fingerprint density at radius 3 is 2.33 bits per heavy atom. The molecule has 4 aliphatic rings. The Bertz CT molecular complexity index is 795. The zero-order valence-electron chi connectivity index (χ0n) is 15.0. The molecule has 2 aliphatic carbocycles. The van der Waals surface area contributed by atoms with Gasteiger partial charge in [-0.3, -0.25) is 19.3 Å². The van der Waals surface area contributed by atoms with E-state index in [1.807, 2.05) is 0 Å². The molecular weight excluding hydrogens is 344 g/mol. The second-order valence-electron chi connectivity index (χ2n) is 7.90. The fourth-order valence-corrected chi connectivity index (χ4v) is 5.03. The number of ether oxygens (including phenoxy) is 1. The van der Waals surface area contributed by atoms with Gasteiger partial charge in [0.15, 0.2) is 0 Å². The SMILES string of the molecule is O=C(NC[C@H]1CCCO1)c1ccc(N2C(=O)[C@@H]3[C@H](C2=O)[C@@H]2C=C[C@@H]3C2)cc1. The molecule has 0 radical (unpaired) electrons. The maximum atomic E-state index is 12.8. The Morgan fingerprint density at radius 2 is 1.74 bits per heavy atom. The number of carbonyl (C=O) groups excluding carboxylic acids is 3. The Balaban J connectivity index is 1.28. The molecule has 6 heteroatoms. The van der Waals surface area contributed by atoms with Crippen LogP contribution in [-0.4, -0.2) is 37.0 Å². The first kappa shape index (κ1) is 16.7. The Kier molecular flexibility index (Phi) is 3.90. The van der Waals surface area contributed by atoms with Gasteiger partial charge in [0, 0.05) is 18.7 Å². The molecule has 140 valence electrons. The van der Waals surface area contributed by atoms with Crippen molar-refractivity contribution in [2.24, 2.45) is 23.7 Å². The van der Waals surface area contributed by atoms with Gasteiger partial charge in [-0.2, -0.15) is 0 Å². The number of imide groups is 1. The number of benzene rings is 1. The summed E-state index contributed by atoms with van der Waals surface area (Å²) in [6.45, 7) is 1.26. The van der Waals surface area contributed by atoms with Crippen molar-refractivity contribution in [3.05, 3.63) is 42.0 Å². The van der Waals surface area contributed by atoms with Gasteiger partial charge in [-0.1, -0.05) is 12.2 Å².